The Morgan fingerprint density at radius 1 is 0.613 bits per heavy atom. The Morgan fingerprint density at radius 3 is 1.26 bits per heavy atom. The van der Waals surface area contributed by atoms with Gasteiger partial charge in [-0.25, -0.2) is 0 Å². The van der Waals surface area contributed by atoms with Gasteiger partial charge in [0.1, 0.15) is 0 Å². The van der Waals surface area contributed by atoms with Crippen molar-refractivity contribution < 1.29 is 66.7 Å². The second-order valence-corrected chi connectivity index (χ2v) is 12.1. The molecule has 0 aliphatic heterocycles. The minimum Gasteiger partial charge on any atom is -1.00 e. The van der Waals surface area contributed by atoms with E-state index in [-0.39, 0.29) is 24.8 Å². The van der Waals surface area contributed by atoms with Gasteiger partial charge in [0.25, 0.3) is 0 Å². The molecule has 0 saturated carbocycles. The van der Waals surface area contributed by atoms with Gasteiger partial charge in [0.15, 0.2) is 0 Å². The molecular formula is C24H26Cl2HfO4. The maximum Gasteiger partial charge on any atom is -1.00 e. The minimum absolute atomic E-state index is 0. The molecule has 0 saturated heterocycles. The fourth-order valence-electron chi connectivity index (χ4n) is 3.94. The van der Waals surface area contributed by atoms with Crippen LogP contribution in [-0.2, 0) is 22.9 Å². The van der Waals surface area contributed by atoms with Crippen LogP contribution in [0.15, 0.2) is 49.6 Å². The summed E-state index contributed by atoms with van der Waals surface area (Å²) >= 11 is -1.22. The zero-order valence-electron chi connectivity index (χ0n) is 18.1. The predicted octanol–water partition coefficient (Wildman–Crippen LogP) is -0.550. The second kappa shape index (κ2) is 12.4. The first-order valence-electron chi connectivity index (χ1n) is 9.34. The molecule has 2 unspecified atom stereocenters. The van der Waals surface area contributed by atoms with Crippen molar-refractivity contribution in [3.8, 4) is 23.0 Å². The molecule has 0 heterocycles. The van der Waals surface area contributed by atoms with Gasteiger partial charge >= 0.3 is 171 Å². The summed E-state index contributed by atoms with van der Waals surface area (Å²) in [5.74, 6) is 3.73. The van der Waals surface area contributed by atoms with Crippen molar-refractivity contribution >= 4 is 12.2 Å². The molecule has 0 N–H and O–H groups in total. The van der Waals surface area contributed by atoms with E-state index in [1.165, 1.54) is 11.1 Å². The summed E-state index contributed by atoms with van der Waals surface area (Å²) in [6.07, 6.45) is 9.04. The molecule has 31 heavy (non-hydrogen) atoms. The molecule has 2 atom stereocenters. The van der Waals surface area contributed by atoms with E-state index < -0.39 is 22.9 Å². The fourth-order valence-corrected chi connectivity index (χ4v) is 10.2. The molecule has 4 rings (SSSR count). The minimum atomic E-state index is -1.22. The van der Waals surface area contributed by atoms with Crippen LogP contribution in [0.5, 0.6) is 23.0 Å². The topological polar surface area (TPSA) is 36.9 Å². The Bertz CT molecular complexity index is 884. The zero-order valence-corrected chi connectivity index (χ0v) is 23.2. The van der Waals surface area contributed by atoms with E-state index >= 15 is 0 Å². The summed E-state index contributed by atoms with van der Waals surface area (Å²) < 4.78 is 23.4. The van der Waals surface area contributed by atoms with Crippen LogP contribution >= 0.6 is 0 Å². The Labute approximate surface area is 208 Å². The van der Waals surface area contributed by atoms with E-state index in [1.807, 2.05) is 24.3 Å². The SMILES string of the molecule is C=C.COc1ccc(OC)c2c1C=C[CH]2[Hf+2][CH]1C=Cc2c(OC)ccc(OC)c21.[Cl-].[Cl-]. The molecule has 0 bridgehead atoms. The quantitative estimate of drug-likeness (QED) is 0.319. The van der Waals surface area contributed by atoms with E-state index in [0.717, 1.165) is 34.1 Å². The van der Waals surface area contributed by atoms with Crippen LogP contribution in [0, 0.1) is 0 Å². The molecule has 2 aromatic rings. The third-order valence-electron chi connectivity index (χ3n) is 5.19. The molecule has 0 radical (unpaired) electrons. The number of ether oxygens (including phenoxy) is 4. The van der Waals surface area contributed by atoms with Crippen molar-refractivity contribution in [1.29, 1.82) is 0 Å². The zero-order chi connectivity index (χ0) is 21.0. The Morgan fingerprint density at radius 2 is 0.935 bits per heavy atom. The summed E-state index contributed by atoms with van der Waals surface area (Å²) in [4.78, 5) is 0. The standard InChI is InChI=1S/2C11H11O2.C2H4.2ClH.Hf/c2*1-12-10-6-7-11(13-2)9-5-3-4-8(9)10;1-2;;;/h2*3-7H,1-2H3;1-2H2;2*1H;/q;;;;;+2/p-2. The summed E-state index contributed by atoms with van der Waals surface area (Å²) in [6, 6.07) is 8.00. The van der Waals surface area contributed by atoms with Crippen molar-refractivity contribution in [1.82, 2.24) is 0 Å². The Kier molecular flexibility index (Phi) is 10.9. The van der Waals surface area contributed by atoms with Crippen LogP contribution < -0.4 is 43.8 Å². The molecule has 7 heteroatoms. The van der Waals surface area contributed by atoms with Crippen molar-refractivity contribution in [2.45, 2.75) is 7.35 Å². The van der Waals surface area contributed by atoms with Crippen molar-refractivity contribution in [2.24, 2.45) is 0 Å². The van der Waals surface area contributed by atoms with Gasteiger partial charge in [-0.1, -0.05) is 0 Å². The van der Waals surface area contributed by atoms with Gasteiger partial charge in [-0.05, 0) is 0 Å². The average molecular weight is 628 g/mol. The molecule has 2 aromatic carbocycles. The second-order valence-electron chi connectivity index (χ2n) is 6.44. The Hall–Kier alpha value is -1.69. The van der Waals surface area contributed by atoms with Crippen molar-refractivity contribution in [3.05, 3.63) is 71.8 Å². The van der Waals surface area contributed by atoms with E-state index in [9.17, 15) is 0 Å². The molecule has 0 fully saturated rings. The molecule has 4 nitrogen and oxygen atoms in total. The van der Waals surface area contributed by atoms with Gasteiger partial charge in [0.05, 0.1) is 0 Å². The largest absolute Gasteiger partial charge is 1.00 e. The summed E-state index contributed by atoms with van der Waals surface area (Å²) in [7, 11) is 6.92. The first kappa shape index (κ1) is 27.3. The summed E-state index contributed by atoms with van der Waals surface area (Å²) in [5.41, 5.74) is 4.89. The van der Waals surface area contributed by atoms with Crippen LogP contribution in [0.4, 0.5) is 0 Å². The van der Waals surface area contributed by atoms with Gasteiger partial charge in [0, 0.05) is 0 Å². The van der Waals surface area contributed by atoms with Gasteiger partial charge in [-0.2, -0.15) is 0 Å². The first-order chi connectivity index (χ1) is 14.2. The molecular weight excluding hydrogens is 602 g/mol. The number of methoxy groups -OCH3 is 4. The van der Waals surface area contributed by atoms with E-state index in [1.54, 1.807) is 28.4 Å². The average Bonchev–Trinajstić information content (AvgIpc) is 3.39. The first-order valence-corrected chi connectivity index (χ1v) is 13.5. The molecule has 0 amide bonds. The molecule has 0 aromatic heterocycles. The Balaban J connectivity index is 0.00000117. The number of benzene rings is 2. The van der Waals surface area contributed by atoms with E-state index in [0.29, 0.717) is 7.35 Å². The van der Waals surface area contributed by atoms with Crippen LogP contribution in [0.2, 0.25) is 0 Å². The third kappa shape index (κ3) is 5.05. The number of hydrogen-bond acceptors (Lipinski definition) is 4. The van der Waals surface area contributed by atoms with Crippen molar-refractivity contribution in [3.63, 3.8) is 0 Å². The van der Waals surface area contributed by atoms with Crippen LogP contribution in [0.1, 0.15) is 29.6 Å². The van der Waals surface area contributed by atoms with Gasteiger partial charge in [-0.3, -0.25) is 0 Å². The molecule has 164 valence electrons. The molecule has 0 spiro atoms. The number of rotatable bonds is 6. The maximum absolute atomic E-state index is 5.68. The number of fused-ring (bicyclic) bond motifs is 2. The van der Waals surface area contributed by atoms with E-state index in [2.05, 4.69) is 37.5 Å². The normalized spacial score (nSPS) is 16.4. The number of hydrogen-bond donors (Lipinski definition) is 0. The van der Waals surface area contributed by atoms with Crippen LogP contribution in [-0.4, -0.2) is 28.4 Å². The van der Waals surface area contributed by atoms with Gasteiger partial charge in [0.2, 0.25) is 0 Å². The predicted molar refractivity (Wildman–Crippen MR) is 114 cm³/mol. The summed E-state index contributed by atoms with van der Waals surface area (Å²) in [6.45, 7) is 6.00. The maximum atomic E-state index is 5.68. The third-order valence-corrected chi connectivity index (χ3v) is 11.2. The molecule has 2 aliphatic rings. The molecule has 2 aliphatic carbocycles. The van der Waals surface area contributed by atoms with Gasteiger partial charge in [-0.15, -0.1) is 13.2 Å². The van der Waals surface area contributed by atoms with Crippen molar-refractivity contribution in [2.75, 3.05) is 28.4 Å². The van der Waals surface area contributed by atoms with Crippen LogP contribution in [0.3, 0.4) is 0 Å². The van der Waals surface area contributed by atoms with Gasteiger partial charge < -0.3 is 24.8 Å². The monoisotopic (exact) mass is 628 g/mol. The smallest absolute Gasteiger partial charge is 1.00 e. The number of allylic oxidation sites excluding steroid dienone is 2. The summed E-state index contributed by atoms with van der Waals surface area (Å²) in [5, 5.41) is 0. The fraction of sp³-hybridized carbons (Fsp3) is 0.250. The van der Waals surface area contributed by atoms with Crippen LogP contribution in [0.25, 0.3) is 12.2 Å². The number of halogens is 2. The van der Waals surface area contributed by atoms with E-state index in [4.69, 9.17) is 18.9 Å².